The largest absolute Gasteiger partial charge is 0.454 e. The maximum atomic E-state index is 7.17. The topological polar surface area (TPSA) is 69.7 Å². The molecule has 0 aliphatic carbocycles. The van der Waals surface area contributed by atoms with Gasteiger partial charge in [0.05, 0.1) is 11.4 Å². The van der Waals surface area contributed by atoms with Crippen molar-refractivity contribution < 1.29 is 27.8 Å². The van der Waals surface area contributed by atoms with Crippen molar-refractivity contribution in [1.82, 2.24) is 0 Å². The molecular weight excluding hydrogens is 711 g/mol. The molecule has 5 aromatic carbocycles. The van der Waals surface area contributed by atoms with Gasteiger partial charge in [-0.05, 0) is 115 Å². The number of furan rings is 2. The lowest BCUT2D eigenvalue weighted by molar-refractivity contribution is 0.173. The molecule has 0 unspecified atom stereocenters. The van der Waals surface area contributed by atoms with Gasteiger partial charge in [0.15, 0.2) is 23.0 Å². The molecule has 0 N–H and O–H groups in total. The Bertz CT molecular complexity index is 2710. The number of ether oxygens (including phenoxy) is 4. The highest BCUT2D eigenvalue weighted by Crippen LogP contribution is 2.53. The number of nitrogens with zero attached hydrogens (tertiary/aromatic N) is 2. The summed E-state index contributed by atoms with van der Waals surface area (Å²) in [7, 11) is 0. The van der Waals surface area contributed by atoms with Gasteiger partial charge in [-0.2, -0.15) is 0 Å². The molecule has 0 spiro atoms. The quantitative estimate of drug-likeness (QED) is 0.162. The van der Waals surface area contributed by atoms with Crippen LogP contribution in [0.25, 0.3) is 21.9 Å². The van der Waals surface area contributed by atoms with Gasteiger partial charge in [0, 0.05) is 44.2 Å². The first-order valence-corrected chi connectivity index (χ1v) is 19.9. The summed E-state index contributed by atoms with van der Waals surface area (Å²) in [6.07, 6.45) is 0. The van der Waals surface area contributed by atoms with Crippen LogP contribution in [0.3, 0.4) is 0 Å². The van der Waals surface area contributed by atoms with Gasteiger partial charge in [0.2, 0.25) is 25.4 Å². The number of benzene rings is 5. The van der Waals surface area contributed by atoms with Gasteiger partial charge < -0.3 is 27.8 Å². The Morgan fingerprint density at radius 2 is 0.965 bits per heavy atom. The second kappa shape index (κ2) is 11.3. The molecule has 4 aliphatic rings. The van der Waals surface area contributed by atoms with E-state index >= 15 is 0 Å². The van der Waals surface area contributed by atoms with Crippen LogP contribution in [0.2, 0.25) is 0 Å². The Labute approximate surface area is 332 Å². The van der Waals surface area contributed by atoms with E-state index in [0.29, 0.717) is 0 Å². The molecule has 8 nitrogen and oxygen atoms in total. The van der Waals surface area contributed by atoms with Crippen molar-refractivity contribution in [3.8, 4) is 23.0 Å². The van der Waals surface area contributed by atoms with Crippen molar-refractivity contribution in [3.05, 3.63) is 100 Å². The van der Waals surface area contributed by atoms with E-state index in [1.807, 2.05) is 0 Å². The molecule has 0 atom stereocenters. The van der Waals surface area contributed by atoms with E-state index in [1.54, 1.807) is 0 Å². The molecule has 0 bridgehead atoms. The highest BCUT2D eigenvalue weighted by atomic mass is 16.7. The summed E-state index contributed by atoms with van der Waals surface area (Å²) in [5, 5.41) is 2.19. The molecule has 0 saturated carbocycles. The zero-order valence-electron chi connectivity index (χ0n) is 34.2. The second-order valence-corrected chi connectivity index (χ2v) is 18.2. The van der Waals surface area contributed by atoms with Crippen LogP contribution in [-0.2, 0) is 10.8 Å². The summed E-state index contributed by atoms with van der Waals surface area (Å²) in [5.74, 6) is 4.66. The number of rotatable bonds is 2. The van der Waals surface area contributed by atoms with Crippen LogP contribution >= 0.6 is 0 Å². The van der Waals surface area contributed by atoms with Crippen LogP contribution in [0.5, 0.6) is 23.0 Å². The minimum absolute atomic E-state index is 0.0762. The first-order chi connectivity index (χ1) is 27.2. The molecule has 7 aromatic rings. The Kier molecular flexibility index (Phi) is 6.82. The Hall–Kier alpha value is -5.96. The zero-order valence-corrected chi connectivity index (χ0v) is 34.2. The first kappa shape index (κ1) is 34.3. The van der Waals surface area contributed by atoms with E-state index in [2.05, 4.69) is 146 Å². The van der Waals surface area contributed by atoms with E-state index in [0.717, 1.165) is 113 Å². The fourth-order valence-electron chi connectivity index (χ4n) is 9.76. The lowest BCUT2D eigenvalue weighted by Gasteiger charge is -2.41. The average molecular weight is 757 g/mol. The number of fused-ring (bicyclic) bond motifs is 10. The number of aryl methyl sites for hydroxylation is 2. The van der Waals surface area contributed by atoms with Crippen molar-refractivity contribution in [2.45, 2.75) is 80.1 Å². The summed E-state index contributed by atoms with van der Waals surface area (Å²) < 4.78 is 38.4. The molecule has 11 rings (SSSR count). The van der Waals surface area contributed by atoms with Crippen LogP contribution in [0.4, 0.5) is 34.5 Å². The Morgan fingerprint density at radius 1 is 0.526 bits per heavy atom. The fourth-order valence-corrected chi connectivity index (χ4v) is 9.76. The van der Waals surface area contributed by atoms with Crippen LogP contribution in [0.15, 0.2) is 75.6 Å². The summed E-state index contributed by atoms with van der Waals surface area (Å²) in [6.45, 7) is 22.3. The molecule has 9 heteroatoms. The van der Waals surface area contributed by atoms with E-state index in [9.17, 15) is 0 Å². The average Bonchev–Trinajstić information content (AvgIpc) is 3.97. The summed E-state index contributed by atoms with van der Waals surface area (Å²) >= 11 is 0. The van der Waals surface area contributed by atoms with Crippen molar-refractivity contribution in [2.75, 3.05) is 23.4 Å². The maximum absolute atomic E-state index is 7.17. The predicted octanol–water partition coefficient (Wildman–Crippen LogP) is 10.5. The summed E-state index contributed by atoms with van der Waals surface area (Å²) in [5.41, 5.74) is 15.7. The lowest BCUT2D eigenvalue weighted by Crippen LogP contribution is -2.61. The van der Waals surface area contributed by atoms with Crippen molar-refractivity contribution >= 4 is 79.6 Å². The molecule has 0 saturated heterocycles. The van der Waals surface area contributed by atoms with Gasteiger partial charge in [0.25, 0.3) is 6.71 Å². The monoisotopic (exact) mass is 756 g/mol. The van der Waals surface area contributed by atoms with Gasteiger partial charge >= 0.3 is 0 Å². The van der Waals surface area contributed by atoms with Gasteiger partial charge in [-0.1, -0.05) is 59.7 Å². The first-order valence-electron chi connectivity index (χ1n) is 19.9. The smallest absolute Gasteiger partial charge is 0.262 e. The predicted molar refractivity (Wildman–Crippen MR) is 229 cm³/mol. The van der Waals surface area contributed by atoms with Gasteiger partial charge in [-0.15, -0.1) is 0 Å². The Morgan fingerprint density at radius 3 is 1.39 bits per heavy atom. The number of hydrogen-bond donors (Lipinski definition) is 0. The minimum Gasteiger partial charge on any atom is -0.454 e. The highest BCUT2D eigenvalue weighted by Gasteiger charge is 2.50. The molecule has 2 aromatic heterocycles. The zero-order chi connectivity index (χ0) is 39.4. The van der Waals surface area contributed by atoms with Crippen LogP contribution < -0.4 is 45.1 Å². The van der Waals surface area contributed by atoms with Gasteiger partial charge in [0.1, 0.15) is 11.2 Å². The maximum Gasteiger partial charge on any atom is 0.262 e. The molecule has 4 aliphatic heterocycles. The van der Waals surface area contributed by atoms with Crippen LogP contribution in [0, 0.1) is 27.7 Å². The lowest BCUT2D eigenvalue weighted by atomic mass is 9.33. The van der Waals surface area contributed by atoms with Gasteiger partial charge in [-0.25, -0.2) is 0 Å². The third-order valence-electron chi connectivity index (χ3n) is 12.5. The Balaban J connectivity index is 1.31. The molecule has 57 heavy (non-hydrogen) atoms. The second-order valence-electron chi connectivity index (χ2n) is 18.2. The van der Waals surface area contributed by atoms with E-state index < -0.39 is 0 Å². The number of hydrogen-bond acceptors (Lipinski definition) is 8. The fraction of sp³-hybridized carbons (Fsp3) is 0.292. The third-order valence-corrected chi connectivity index (χ3v) is 12.5. The van der Waals surface area contributed by atoms with Gasteiger partial charge in [-0.3, -0.25) is 9.80 Å². The molecule has 286 valence electrons. The highest BCUT2D eigenvalue weighted by molar-refractivity contribution is 7.02. The summed E-state index contributed by atoms with van der Waals surface area (Å²) in [4.78, 5) is 4.67. The normalized spacial score (nSPS) is 15.2. The number of anilines is 6. The molecule has 0 radical (unpaired) electrons. The summed E-state index contributed by atoms with van der Waals surface area (Å²) in [6, 6.07) is 24.2. The van der Waals surface area contributed by atoms with E-state index in [4.69, 9.17) is 27.8 Å². The molecule has 0 amide bonds. The van der Waals surface area contributed by atoms with E-state index in [1.165, 1.54) is 16.6 Å². The molecule has 6 heterocycles. The third kappa shape index (κ3) is 4.62. The van der Waals surface area contributed by atoms with Crippen molar-refractivity contribution in [2.24, 2.45) is 0 Å². The van der Waals surface area contributed by atoms with Crippen LogP contribution in [0.1, 0.15) is 74.9 Å². The van der Waals surface area contributed by atoms with Crippen LogP contribution in [-0.4, -0.2) is 20.3 Å². The van der Waals surface area contributed by atoms with Crippen molar-refractivity contribution in [3.63, 3.8) is 0 Å². The van der Waals surface area contributed by atoms with Crippen molar-refractivity contribution in [1.29, 1.82) is 0 Å². The SMILES string of the molecule is Cc1cc2c(c(C)c1N1c3cccc4c3B(c3c1oc1ccc(C(C)(C)C)cc31)c1c(oc3ccc(C(C)(C)C)cc13)N4c1c(C)cc3c(c1C)OCO3)OCO2. The molecular formula is C48H45BN2O6. The standard InChI is InChI=1S/C48H45BN2O6/c1-24-18-36-43(54-22-52-36)26(3)41(24)50-32-12-11-13-33-40(32)49(38-30-20-28(47(5,6)7)14-16-34(30)56-45(38)50)39-31-21-29(48(8,9)10)15-17-35(31)57-46(39)51(33)42-25(2)19-37-44(27(42)4)55-23-53-37/h11-21H,22-23H2,1-10H3. The van der Waals surface area contributed by atoms with E-state index in [-0.39, 0.29) is 31.1 Å². The minimum atomic E-state index is -0.217. The molecule has 0 fully saturated rings.